The first-order valence-electron chi connectivity index (χ1n) is 5.66. The van der Waals surface area contributed by atoms with E-state index in [-0.39, 0.29) is 10.6 Å². The monoisotopic (exact) mass is 245 g/mol. The summed E-state index contributed by atoms with van der Waals surface area (Å²) in [6.45, 7) is 0.934. The SMILES string of the molecule is O=[N+]([O-])c1c(C2OCCO2)ccc2ccccc12. The van der Waals surface area contributed by atoms with E-state index in [9.17, 15) is 10.1 Å². The summed E-state index contributed by atoms with van der Waals surface area (Å²) >= 11 is 0. The van der Waals surface area contributed by atoms with E-state index in [0.717, 1.165) is 5.39 Å². The van der Waals surface area contributed by atoms with E-state index in [4.69, 9.17) is 9.47 Å². The molecule has 1 fully saturated rings. The van der Waals surface area contributed by atoms with Gasteiger partial charge in [-0.2, -0.15) is 0 Å². The van der Waals surface area contributed by atoms with E-state index in [2.05, 4.69) is 0 Å². The second kappa shape index (κ2) is 4.36. The van der Waals surface area contributed by atoms with Crippen LogP contribution in [0.5, 0.6) is 0 Å². The molecule has 3 rings (SSSR count). The van der Waals surface area contributed by atoms with Crippen molar-refractivity contribution in [3.63, 3.8) is 0 Å². The van der Waals surface area contributed by atoms with E-state index < -0.39 is 6.29 Å². The Balaban J connectivity index is 2.24. The molecule has 0 aliphatic carbocycles. The summed E-state index contributed by atoms with van der Waals surface area (Å²) < 4.78 is 10.7. The second-order valence-corrected chi connectivity index (χ2v) is 4.06. The largest absolute Gasteiger partial charge is 0.346 e. The van der Waals surface area contributed by atoms with E-state index in [1.807, 2.05) is 18.2 Å². The fourth-order valence-electron chi connectivity index (χ4n) is 2.20. The Morgan fingerprint density at radius 1 is 1.11 bits per heavy atom. The zero-order chi connectivity index (χ0) is 12.5. The minimum Gasteiger partial charge on any atom is -0.346 e. The number of hydrogen-bond acceptors (Lipinski definition) is 4. The fraction of sp³-hybridized carbons (Fsp3) is 0.231. The van der Waals surface area contributed by atoms with Crippen molar-refractivity contribution >= 4 is 16.5 Å². The molecule has 5 heteroatoms. The highest BCUT2D eigenvalue weighted by molar-refractivity contribution is 5.92. The second-order valence-electron chi connectivity index (χ2n) is 4.06. The predicted molar refractivity (Wildman–Crippen MR) is 65.2 cm³/mol. The topological polar surface area (TPSA) is 61.6 Å². The molecular formula is C13H11NO4. The van der Waals surface area contributed by atoms with Crippen molar-refractivity contribution in [3.05, 3.63) is 52.1 Å². The number of ether oxygens (including phenoxy) is 2. The van der Waals surface area contributed by atoms with Gasteiger partial charge in [-0.1, -0.05) is 24.3 Å². The van der Waals surface area contributed by atoms with Crippen LogP contribution in [0.15, 0.2) is 36.4 Å². The van der Waals surface area contributed by atoms with Gasteiger partial charge in [0.05, 0.1) is 29.1 Å². The van der Waals surface area contributed by atoms with Crippen LogP contribution in [0.3, 0.4) is 0 Å². The Hall–Kier alpha value is -1.98. The molecule has 0 amide bonds. The predicted octanol–water partition coefficient (Wildman–Crippen LogP) is 2.79. The molecule has 1 aliphatic heterocycles. The summed E-state index contributed by atoms with van der Waals surface area (Å²) in [7, 11) is 0. The summed E-state index contributed by atoms with van der Waals surface area (Å²) in [4.78, 5) is 10.9. The number of nitro groups is 1. The highest BCUT2D eigenvalue weighted by Crippen LogP contribution is 2.36. The number of nitro benzene ring substituents is 1. The number of fused-ring (bicyclic) bond motifs is 1. The lowest BCUT2D eigenvalue weighted by molar-refractivity contribution is -0.384. The summed E-state index contributed by atoms with van der Waals surface area (Å²) in [5.74, 6) is 0. The third-order valence-electron chi connectivity index (χ3n) is 2.99. The molecule has 5 nitrogen and oxygen atoms in total. The van der Waals surface area contributed by atoms with Gasteiger partial charge in [0.25, 0.3) is 5.69 Å². The molecule has 92 valence electrons. The van der Waals surface area contributed by atoms with Gasteiger partial charge in [0, 0.05) is 0 Å². The Morgan fingerprint density at radius 3 is 2.56 bits per heavy atom. The molecule has 0 bridgehead atoms. The van der Waals surface area contributed by atoms with Gasteiger partial charge < -0.3 is 9.47 Å². The van der Waals surface area contributed by atoms with Crippen LogP contribution in [0, 0.1) is 10.1 Å². The third kappa shape index (κ3) is 1.73. The lowest BCUT2D eigenvalue weighted by atomic mass is 10.0. The third-order valence-corrected chi connectivity index (χ3v) is 2.99. The first kappa shape index (κ1) is 11.1. The highest BCUT2D eigenvalue weighted by Gasteiger charge is 2.28. The maximum atomic E-state index is 11.3. The molecule has 1 aliphatic rings. The molecule has 0 aromatic heterocycles. The highest BCUT2D eigenvalue weighted by atomic mass is 16.7. The summed E-state index contributed by atoms with van der Waals surface area (Å²) in [6.07, 6.45) is -0.630. The minimum atomic E-state index is -0.630. The van der Waals surface area contributed by atoms with Gasteiger partial charge in [0.15, 0.2) is 6.29 Å². The van der Waals surface area contributed by atoms with Crippen LogP contribution >= 0.6 is 0 Å². The molecule has 18 heavy (non-hydrogen) atoms. The Labute approximate surface area is 103 Å². The van der Waals surface area contributed by atoms with Crippen LogP contribution in [0.4, 0.5) is 5.69 Å². The van der Waals surface area contributed by atoms with Gasteiger partial charge in [-0.25, -0.2) is 0 Å². The molecule has 2 aromatic rings. The first-order chi connectivity index (χ1) is 8.77. The van der Waals surface area contributed by atoms with Crippen LogP contribution in [-0.2, 0) is 9.47 Å². The number of nitrogens with zero attached hydrogens (tertiary/aromatic N) is 1. The Bertz CT molecular complexity index is 605. The van der Waals surface area contributed by atoms with E-state index in [1.165, 1.54) is 0 Å². The van der Waals surface area contributed by atoms with Crippen LogP contribution in [-0.4, -0.2) is 18.1 Å². The van der Waals surface area contributed by atoms with Crippen molar-refractivity contribution in [2.24, 2.45) is 0 Å². The van der Waals surface area contributed by atoms with E-state index >= 15 is 0 Å². The molecule has 0 radical (unpaired) electrons. The minimum absolute atomic E-state index is 0.0694. The van der Waals surface area contributed by atoms with Crippen molar-refractivity contribution in [1.29, 1.82) is 0 Å². The van der Waals surface area contributed by atoms with Crippen molar-refractivity contribution in [1.82, 2.24) is 0 Å². The molecule has 0 atom stereocenters. The standard InChI is InChI=1S/C13H11NO4/c15-14(16)12-10-4-2-1-3-9(10)5-6-11(12)13-17-7-8-18-13/h1-6,13H,7-8H2. The van der Waals surface area contributed by atoms with E-state index in [1.54, 1.807) is 18.2 Å². The van der Waals surface area contributed by atoms with Gasteiger partial charge >= 0.3 is 0 Å². The molecule has 2 aromatic carbocycles. The zero-order valence-electron chi connectivity index (χ0n) is 9.54. The normalized spacial score (nSPS) is 16.2. The molecule has 1 heterocycles. The quantitative estimate of drug-likeness (QED) is 0.603. The number of benzene rings is 2. The molecule has 0 saturated carbocycles. The zero-order valence-corrected chi connectivity index (χ0v) is 9.54. The average Bonchev–Trinajstić information content (AvgIpc) is 2.90. The molecular weight excluding hydrogens is 234 g/mol. The van der Waals surface area contributed by atoms with Gasteiger partial charge in [-0.3, -0.25) is 10.1 Å². The molecule has 0 N–H and O–H groups in total. The number of hydrogen-bond donors (Lipinski definition) is 0. The summed E-state index contributed by atoms with van der Waals surface area (Å²) in [5, 5.41) is 12.7. The average molecular weight is 245 g/mol. The molecule has 0 unspecified atom stereocenters. The van der Waals surface area contributed by atoms with E-state index in [0.29, 0.717) is 24.2 Å². The first-order valence-corrected chi connectivity index (χ1v) is 5.66. The van der Waals surface area contributed by atoms with Crippen molar-refractivity contribution in [2.45, 2.75) is 6.29 Å². The van der Waals surface area contributed by atoms with Crippen LogP contribution in [0.2, 0.25) is 0 Å². The Kier molecular flexibility index (Phi) is 2.70. The number of rotatable bonds is 2. The van der Waals surface area contributed by atoms with Gasteiger partial charge in [-0.15, -0.1) is 0 Å². The maximum Gasteiger partial charge on any atom is 0.285 e. The van der Waals surface area contributed by atoms with Crippen molar-refractivity contribution in [3.8, 4) is 0 Å². The fourth-order valence-corrected chi connectivity index (χ4v) is 2.20. The van der Waals surface area contributed by atoms with Crippen molar-refractivity contribution in [2.75, 3.05) is 13.2 Å². The summed E-state index contributed by atoms with van der Waals surface area (Å²) in [5.41, 5.74) is 0.552. The molecule has 0 spiro atoms. The lowest BCUT2D eigenvalue weighted by Gasteiger charge is -2.11. The summed E-state index contributed by atoms with van der Waals surface area (Å²) in [6, 6.07) is 10.8. The van der Waals surface area contributed by atoms with Crippen LogP contribution in [0.25, 0.3) is 10.8 Å². The lowest BCUT2D eigenvalue weighted by Crippen LogP contribution is -2.03. The maximum absolute atomic E-state index is 11.3. The Morgan fingerprint density at radius 2 is 1.83 bits per heavy atom. The van der Waals surface area contributed by atoms with Crippen molar-refractivity contribution < 1.29 is 14.4 Å². The van der Waals surface area contributed by atoms with Crippen LogP contribution < -0.4 is 0 Å². The van der Waals surface area contributed by atoms with Gasteiger partial charge in [0.2, 0.25) is 0 Å². The van der Waals surface area contributed by atoms with Crippen LogP contribution in [0.1, 0.15) is 11.9 Å². The smallest absolute Gasteiger partial charge is 0.285 e. The van der Waals surface area contributed by atoms with Gasteiger partial charge in [-0.05, 0) is 17.5 Å². The van der Waals surface area contributed by atoms with Gasteiger partial charge in [0.1, 0.15) is 0 Å². The molecule has 1 saturated heterocycles.